The van der Waals surface area contributed by atoms with Gasteiger partial charge in [0.2, 0.25) is 5.91 Å². The van der Waals surface area contributed by atoms with Crippen LogP contribution in [0.15, 0.2) is 40.2 Å². The molecule has 1 aliphatic rings. The lowest BCUT2D eigenvalue weighted by atomic mass is 10.1. The van der Waals surface area contributed by atoms with Gasteiger partial charge >= 0.3 is 0 Å². The quantitative estimate of drug-likeness (QED) is 0.167. The summed E-state index contributed by atoms with van der Waals surface area (Å²) in [5, 5.41) is 11.5. The molecule has 0 fully saturated rings. The Labute approximate surface area is 212 Å². The van der Waals surface area contributed by atoms with Gasteiger partial charge in [0, 0.05) is 49.7 Å². The Morgan fingerprint density at radius 1 is 1.31 bits per heavy atom. The summed E-state index contributed by atoms with van der Waals surface area (Å²) in [5.74, 6) is 3.82. The molecule has 3 rings (SSSR count). The molecule has 0 saturated carbocycles. The average Bonchev–Trinajstić information content (AvgIpc) is 3.19. The number of aromatic nitrogens is 3. The van der Waals surface area contributed by atoms with Crippen molar-refractivity contribution in [2.45, 2.75) is 50.1 Å². The van der Waals surface area contributed by atoms with Crippen molar-refractivity contribution in [2.75, 3.05) is 32.9 Å². The number of rotatable bonds is 8. The van der Waals surface area contributed by atoms with E-state index in [-0.39, 0.29) is 42.5 Å². The number of nitrogens with zero attached hydrogens (tertiary/aromatic N) is 5. The summed E-state index contributed by atoms with van der Waals surface area (Å²) in [6, 6.07) is 10.5. The number of benzene rings is 1. The van der Waals surface area contributed by atoms with E-state index >= 15 is 0 Å². The van der Waals surface area contributed by atoms with Crippen LogP contribution in [0.5, 0.6) is 0 Å². The fraction of sp³-hybridized carbons (Fsp3) is 0.545. The van der Waals surface area contributed by atoms with Gasteiger partial charge in [0.15, 0.2) is 11.8 Å². The first kappa shape index (κ1) is 26.4. The van der Waals surface area contributed by atoms with Gasteiger partial charge in [-0.3, -0.25) is 4.79 Å². The Kier molecular flexibility index (Phi) is 10.8. The van der Waals surface area contributed by atoms with E-state index in [9.17, 15) is 4.79 Å². The maximum atomic E-state index is 12.0. The fourth-order valence-electron chi connectivity index (χ4n) is 3.18. The number of amides is 1. The van der Waals surface area contributed by atoms with Gasteiger partial charge in [-0.15, -0.1) is 35.7 Å². The Morgan fingerprint density at radius 2 is 2.06 bits per heavy atom. The molecule has 8 nitrogen and oxygen atoms in total. The minimum atomic E-state index is -0.0245. The molecule has 10 heteroatoms. The van der Waals surface area contributed by atoms with Crippen LogP contribution in [0.1, 0.15) is 37.8 Å². The maximum absolute atomic E-state index is 12.0. The van der Waals surface area contributed by atoms with Crippen molar-refractivity contribution in [2.24, 2.45) is 4.99 Å². The highest BCUT2D eigenvalue weighted by molar-refractivity contribution is 14.0. The summed E-state index contributed by atoms with van der Waals surface area (Å²) in [5.41, 5.74) is 0. The second-order valence-electron chi connectivity index (χ2n) is 8.14. The van der Waals surface area contributed by atoms with Crippen LogP contribution in [-0.4, -0.2) is 70.5 Å². The summed E-state index contributed by atoms with van der Waals surface area (Å²) >= 11 is 1.79. The number of halogens is 1. The van der Waals surface area contributed by atoms with Crippen molar-refractivity contribution in [3.63, 3.8) is 0 Å². The van der Waals surface area contributed by atoms with E-state index in [1.54, 1.807) is 30.8 Å². The second kappa shape index (κ2) is 13.0. The number of carbonyl (C=O) groups excluding carboxylic acids is 1. The molecule has 1 unspecified atom stereocenters. The van der Waals surface area contributed by atoms with Gasteiger partial charge in [-0.2, -0.15) is 5.10 Å². The van der Waals surface area contributed by atoms with Crippen molar-refractivity contribution in [1.29, 1.82) is 0 Å². The van der Waals surface area contributed by atoms with Crippen molar-refractivity contribution in [1.82, 2.24) is 30.3 Å². The van der Waals surface area contributed by atoms with Crippen molar-refractivity contribution < 1.29 is 4.79 Å². The Bertz CT molecular complexity index is 886. The molecule has 1 aromatic carbocycles. The molecule has 1 amide bonds. The number of likely N-dealkylation sites (N-methyl/N-ethyl adjacent to an activating group) is 1. The number of nitrogens with one attached hydrogen (secondary N) is 2. The van der Waals surface area contributed by atoms with Crippen molar-refractivity contribution in [3.05, 3.63) is 42.0 Å². The van der Waals surface area contributed by atoms with E-state index in [1.165, 1.54) is 4.90 Å². The van der Waals surface area contributed by atoms with E-state index in [4.69, 9.17) is 0 Å². The predicted molar refractivity (Wildman–Crippen MR) is 141 cm³/mol. The molecule has 2 N–H and O–H groups in total. The average molecular weight is 572 g/mol. The van der Waals surface area contributed by atoms with Crippen LogP contribution >= 0.6 is 35.7 Å². The summed E-state index contributed by atoms with van der Waals surface area (Å²) in [6.07, 6.45) is 1.84. The molecule has 1 atom stereocenters. The summed E-state index contributed by atoms with van der Waals surface area (Å²) < 4.78 is 2.00. The number of fused-ring (bicyclic) bond motifs is 1. The maximum Gasteiger partial charge on any atom is 0.243 e. The molecular formula is C22H34IN7OS. The number of aryl methyl sites for hydroxylation is 1. The van der Waals surface area contributed by atoms with Gasteiger partial charge in [-0.25, -0.2) is 14.7 Å². The minimum absolute atomic E-state index is 0. The number of hydrogen-bond acceptors (Lipinski definition) is 5. The lowest BCUT2D eigenvalue weighted by molar-refractivity contribution is -0.127. The largest absolute Gasteiger partial charge is 0.356 e. The molecule has 176 valence electrons. The molecular weight excluding hydrogens is 537 g/mol. The van der Waals surface area contributed by atoms with Gasteiger partial charge in [0.05, 0.1) is 6.54 Å². The second-order valence-corrected chi connectivity index (χ2v) is 9.31. The lowest BCUT2D eigenvalue weighted by Gasteiger charge is -2.25. The SMILES string of the molecule is CC(C)c1nc2n(n1)CC(NC(=NCC(=O)N(C)C)NCCSc1ccccc1)CC2.I. The van der Waals surface area contributed by atoms with Crippen LogP contribution in [0.25, 0.3) is 0 Å². The monoisotopic (exact) mass is 571 g/mol. The molecule has 0 spiro atoms. The summed E-state index contributed by atoms with van der Waals surface area (Å²) in [7, 11) is 3.49. The number of carbonyl (C=O) groups is 1. The minimum Gasteiger partial charge on any atom is -0.356 e. The Hall–Kier alpha value is -1.82. The molecule has 0 saturated heterocycles. The highest BCUT2D eigenvalue weighted by atomic mass is 127. The third-order valence-electron chi connectivity index (χ3n) is 5.01. The number of hydrogen-bond donors (Lipinski definition) is 2. The van der Waals surface area contributed by atoms with E-state index in [0.717, 1.165) is 43.3 Å². The molecule has 32 heavy (non-hydrogen) atoms. The smallest absolute Gasteiger partial charge is 0.243 e. The first-order valence-corrected chi connectivity index (χ1v) is 11.8. The van der Waals surface area contributed by atoms with E-state index in [2.05, 4.69) is 51.7 Å². The van der Waals surface area contributed by atoms with Crippen molar-refractivity contribution in [3.8, 4) is 0 Å². The van der Waals surface area contributed by atoms with Gasteiger partial charge in [-0.05, 0) is 18.6 Å². The van der Waals surface area contributed by atoms with Crippen molar-refractivity contribution >= 4 is 47.6 Å². The third kappa shape index (κ3) is 7.95. The van der Waals surface area contributed by atoms with Gasteiger partial charge in [0.25, 0.3) is 0 Å². The number of aliphatic imine (C=N–C) groups is 1. The van der Waals surface area contributed by atoms with Crippen LogP contribution in [-0.2, 0) is 17.8 Å². The zero-order valence-corrected chi connectivity index (χ0v) is 22.4. The molecule has 1 aliphatic heterocycles. The zero-order valence-electron chi connectivity index (χ0n) is 19.2. The Balaban J connectivity index is 0.00000363. The van der Waals surface area contributed by atoms with Gasteiger partial charge < -0.3 is 15.5 Å². The highest BCUT2D eigenvalue weighted by Crippen LogP contribution is 2.17. The third-order valence-corrected chi connectivity index (χ3v) is 6.02. The van der Waals surface area contributed by atoms with E-state index in [1.807, 2.05) is 22.9 Å². The van der Waals surface area contributed by atoms with E-state index < -0.39 is 0 Å². The predicted octanol–water partition coefficient (Wildman–Crippen LogP) is 2.75. The normalized spacial score (nSPS) is 15.7. The van der Waals surface area contributed by atoms with Crippen LogP contribution in [0.2, 0.25) is 0 Å². The van der Waals surface area contributed by atoms with Gasteiger partial charge in [-0.1, -0.05) is 32.0 Å². The first-order valence-electron chi connectivity index (χ1n) is 10.8. The summed E-state index contributed by atoms with van der Waals surface area (Å²) in [6.45, 7) is 5.84. The molecule has 0 bridgehead atoms. The molecule has 0 radical (unpaired) electrons. The molecule has 0 aliphatic carbocycles. The molecule has 1 aromatic heterocycles. The van der Waals surface area contributed by atoms with Crippen LogP contribution < -0.4 is 10.6 Å². The van der Waals surface area contributed by atoms with Gasteiger partial charge in [0.1, 0.15) is 12.4 Å². The first-order chi connectivity index (χ1) is 14.9. The topological polar surface area (TPSA) is 87.4 Å². The Morgan fingerprint density at radius 3 is 2.75 bits per heavy atom. The lowest BCUT2D eigenvalue weighted by Crippen LogP contribution is -2.48. The zero-order chi connectivity index (χ0) is 22.2. The highest BCUT2D eigenvalue weighted by Gasteiger charge is 2.23. The molecule has 2 aromatic rings. The van der Waals surface area contributed by atoms with Crippen LogP contribution in [0.3, 0.4) is 0 Å². The summed E-state index contributed by atoms with van der Waals surface area (Å²) in [4.78, 5) is 24.0. The number of guanidine groups is 1. The fourth-order valence-corrected chi connectivity index (χ4v) is 3.97. The van der Waals surface area contributed by atoms with E-state index in [0.29, 0.717) is 11.9 Å². The number of thioether (sulfide) groups is 1. The van der Waals surface area contributed by atoms with Crippen LogP contribution in [0, 0.1) is 0 Å². The molecule has 2 heterocycles. The van der Waals surface area contributed by atoms with Crippen LogP contribution in [0.4, 0.5) is 0 Å². The standard InChI is InChI=1S/C22H33N7OS.HI/c1-16(2)21-26-19-11-10-17(15-29(19)27-21)25-22(24-14-20(30)28(3)4)23-12-13-31-18-8-6-5-7-9-18;/h5-9,16-17H,10-15H2,1-4H3,(H2,23,24,25);1H.